The Morgan fingerprint density at radius 2 is 1.90 bits per heavy atom. The third-order valence-corrected chi connectivity index (χ3v) is 5.61. The van der Waals surface area contributed by atoms with Crippen LogP contribution < -0.4 is 10.6 Å². The summed E-state index contributed by atoms with van der Waals surface area (Å²) in [7, 11) is 2.23. The molecule has 0 aliphatic carbocycles. The molecule has 6 heteroatoms. The highest BCUT2D eigenvalue weighted by atomic mass is 15.2. The highest BCUT2D eigenvalue weighted by Crippen LogP contribution is 2.15. The lowest BCUT2D eigenvalue weighted by Gasteiger charge is -2.20. The van der Waals surface area contributed by atoms with Gasteiger partial charge in [0.15, 0.2) is 5.96 Å². The molecule has 1 aromatic heterocycles. The molecule has 1 aliphatic heterocycles. The second-order valence-corrected chi connectivity index (χ2v) is 7.96. The summed E-state index contributed by atoms with van der Waals surface area (Å²) < 4.78 is 2.32. The number of aliphatic imine (C=N–C) groups is 1. The topological polar surface area (TPSA) is 47.8 Å². The van der Waals surface area contributed by atoms with E-state index in [1.54, 1.807) is 0 Å². The van der Waals surface area contributed by atoms with E-state index < -0.39 is 0 Å². The number of aromatic nitrogens is 1. The number of hydrogen-bond donors (Lipinski definition) is 2. The van der Waals surface area contributed by atoms with Crippen LogP contribution in [0, 0.1) is 0 Å². The monoisotopic (exact) mass is 398 g/mol. The number of hydrogen-bond acceptors (Lipinski definition) is 3. The molecule has 0 radical (unpaired) electrons. The van der Waals surface area contributed by atoms with Gasteiger partial charge in [-0.3, -0.25) is 4.99 Å². The Bertz CT molecular complexity index is 753. The molecule has 0 unspecified atom stereocenters. The van der Waals surface area contributed by atoms with Crippen LogP contribution in [0.1, 0.15) is 26.2 Å². The first-order valence-corrected chi connectivity index (χ1v) is 11.2. The Hall–Kier alpha value is -2.05. The summed E-state index contributed by atoms with van der Waals surface area (Å²) in [6.07, 6.45) is 5.66. The van der Waals surface area contributed by atoms with E-state index in [9.17, 15) is 0 Å². The fraction of sp³-hybridized carbons (Fsp3) is 0.609. The minimum Gasteiger partial charge on any atom is -0.357 e. The highest BCUT2D eigenvalue weighted by Gasteiger charge is 2.11. The number of nitrogens with zero attached hydrogens (tertiary/aromatic N) is 4. The van der Waals surface area contributed by atoms with Crippen molar-refractivity contribution in [2.45, 2.75) is 32.7 Å². The number of rotatable bonds is 9. The molecule has 29 heavy (non-hydrogen) atoms. The number of likely N-dealkylation sites (N-methyl/N-ethyl adjacent to an activating group) is 1. The maximum absolute atomic E-state index is 4.76. The van der Waals surface area contributed by atoms with Gasteiger partial charge in [0.05, 0.1) is 0 Å². The number of benzene rings is 1. The number of fused-ring (bicyclic) bond motifs is 1. The van der Waals surface area contributed by atoms with Crippen LogP contribution in [0.5, 0.6) is 0 Å². The molecular weight excluding hydrogens is 360 g/mol. The van der Waals surface area contributed by atoms with Gasteiger partial charge in [-0.15, -0.1) is 0 Å². The normalized spacial score (nSPS) is 16.8. The van der Waals surface area contributed by atoms with Crippen LogP contribution in [0.15, 0.2) is 41.5 Å². The van der Waals surface area contributed by atoms with Crippen molar-refractivity contribution in [2.24, 2.45) is 4.99 Å². The zero-order valence-corrected chi connectivity index (χ0v) is 18.2. The average molecular weight is 399 g/mol. The van der Waals surface area contributed by atoms with Gasteiger partial charge >= 0.3 is 0 Å². The zero-order valence-electron chi connectivity index (χ0n) is 18.2. The van der Waals surface area contributed by atoms with Crippen molar-refractivity contribution in [3.05, 3.63) is 36.5 Å². The standard InChI is InChI=1S/C23H38N6/c1-3-24-23(25-12-6-15-28-16-8-14-27(2)19-20-28)26-13-7-17-29-18-11-21-9-4-5-10-22(21)29/h4-5,9-11,18H,3,6-8,12-17,19-20H2,1-2H3,(H2,24,25,26). The smallest absolute Gasteiger partial charge is 0.191 e. The van der Waals surface area contributed by atoms with E-state index in [2.05, 4.69) is 75.5 Å². The highest BCUT2D eigenvalue weighted by molar-refractivity contribution is 5.80. The Labute approximate surface area is 176 Å². The largest absolute Gasteiger partial charge is 0.357 e. The fourth-order valence-electron chi connectivity index (χ4n) is 3.94. The number of nitrogens with one attached hydrogen (secondary N) is 2. The van der Waals surface area contributed by atoms with Crippen LogP contribution in [0.3, 0.4) is 0 Å². The lowest BCUT2D eigenvalue weighted by atomic mass is 10.2. The SMILES string of the molecule is CCNC(=NCCCn1ccc2ccccc21)NCCCN1CCCN(C)CC1. The molecule has 0 bridgehead atoms. The summed E-state index contributed by atoms with van der Waals surface area (Å²) in [4.78, 5) is 9.79. The van der Waals surface area contributed by atoms with E-state index in [1.165, 1.54) is 50.0 Å². The summed E-state index contributed by atoms with van der Waals surface area (Å²) in [5.41, 5.74) is 1.31. The summed E-state index contributed by atoms with van der Waals surface area (Å²) in [6, 6.07) is 10.7. The number of para-hydroxylation sites is 1. The molecule has 160 valence electrons. The van der Waals surface area contributed by atoms with Gasteiger partial charge in [-0.05, 0) is 70.4 Å². The van der Waals surface area contributed by atoms with E-state index in [0.29, 0.717) is 0 Å². The van der Waals surface area contributed by atoms with Gasteiger partial charge < -0.3 is 25.0 Å². The molecule has 2 heterocycles. The average Bonchev–Trinajstić information content (AvgIpc) is 3.03. The molecule has 1 saturated heterocycles. The second kappa shape index (κ2) is 11.8. The van der Waals surface area contributed by atoms with Crippen molar-refractivity contribution in [1.82, 2.24) is 25.0 Å². The third-order valence-electron chi connectivity index (χ3n) is 5.61. The predicted molar refractivity (Wildman–Crippen MR) is 124 cm³/mol. The van der Waals surface area contributed by atoms with Crippen LogP contribution >= 0.6 is 0 Å². The van der Waals surface area contributed by atoms with E-state index in [1.807, 2.05) is 0 Å². The van der Waals surface area contributed by atoms with Gasteiger partial charge in [0.2, 0.25) is 0 Å². The maximum atomic E-state index is 4.76. The van der Waals surface area contributed by atoms with E-state index in [4.69, 9.17) is 4.99 Å². The van der Waals surface area contributed by atoms with Gasteiger partial charge in [-0.2, -0.15) is 0 Å². The summed E-state index contributed by atoms with van der Waals surface area (Å²) in [5.74, 6) is 0.945. The molecule has 1 aliphatic rings. The quantitative estimate of drug-likeness (QED) is 0.387. The molecule has 0 amide bonds. The van der Waals surface area contributed by atoms with Crippen molar-refractivity contribution < 1.29 is 0 Å². The lowest BCUT2D eigenvalue weighted by molar-refractivity contribution is 0.274. The second-order valence-electron chi connectivity index (χ2n) is 7.96. The number of aryl methyl sites for hydroxylation is 1. The Morgan fingerprint density at radius 3 is 2.79 bits per heavy atom. The maximum Gasteiger partial charge on any atom is 0.191 e. The molecule has 0 spiro atoms. The molecule has 0 atom stereocenters. The van der Waals surface area contributed by atoms with Crippen LogP contribution in [-0.4, -0.2) is 79.7 Å². The van der Waals surface area contributed by atoms with Crippen LogP contribution in [0.2, 0.25) is 0 Å². The van der Waals surface area contributed by atoms with Gasteiger partial charge in [-0.25, -0.2) is 0 Å². The summed E-state index contributed by atoms with van der Waals surface area (Å²) >= 11 is 0. The summed E-state index contributed by atoms with van der Waals surface area (Å²) in [5, 5.41) is 8.18. The first-order valence-electron chi connectivity index (χ1n) is 11.2. The molecule has 2 N–H and O–H groups in total. The molecule has 1 fully saturated rings. The van der Waals surface area contributed by atoms with Crippen LogP contribution in [0.4, 0.5) is 0 Å². The molecular formula is C23H38N6. The minimum atomic E-state index is 0.834. The Balaban J connectivity index is 1.36. The van der Waals surface area contributed by atoms with E-state index in [0.717, 1.165) is 45.0 Å². The summed E-state index contributed by atoms with van der Waals surface area (Å²) in [6.45, 7) is 11.8. The van der Waals surface area contributed by atoms with Crippen LogP contribution in [0.25, 0.3) is 10.9 Å². The van der Waals surface area contributed by atoms with Crippen molar-refractivity contribution in [3.63, 3.8) is 0 Å². The lowest BCUT2D eigenvalue weighted by Crippen LogP contribution is -2.39. The Kier molecular flexibility index (Phi) is 8.83. The van der Waals surface area contributed by atoms with Crippen molar-refractivity contribution in [1.29, 1.82) is 0 Å². The van der Waals surface area contributed by atoms with Gasteiger partial charge in [0.1, 0.15) is 0 Å². The Morgan fingerprint density at radius 1 is 1.00 bits per heavy atom. The van der Waals surface area contributed by atoms with Crippen LogP contribution in [-0.2, 0) is 6.54 Å². The zero-order chi connectivity index (χ0) is 20.3. The first-order chi connectivity index (χ1) is 14.3. The van der Waals surface area contributed by atoms with Gasteiger partial charge in [-0.1, -0.05) is 18.2 Å². The third kappa shape index (κ3) is 7.05. The number of guanidine groups is 1. The van der Waals surface area contributed by atoms with Gasteiger partial charge in [0.25, 0.3) is 0 Å². The van der Waals surface area contributed by atoms with Crippen molar-refractivity contribution in [3.8, 4) is 0 Å². The van der Waals surface area contributed by atoms with E-state index >= 15 is 0 Å². The first kappa shape index (κ1) is 21.7. The minimum absolute atomic E-state index is 0.834. The van der Waals surface area contributed by atoms with Crippen molar-refractivity contribution in [2.75, 3.05) is 59.4 Å². The molecule has 0 saturated carbocycles. The predicted octanol–water partition coefficient (Wildman–Crippen LogP) is 2.61. The molecule has 2 aromatic rings. The molecule has 6 nitrogen and oxygen atoms in total. The van der Waals surface area contributed by atoms with E-state index in [-0.39, 0.29) is 0 Å². The van der Waals surface area contributed by atoms with Crippen molar-refractivity contribution >= 4 is 16.9 Å². The fourth-order valence-corrected chi connectivity index (χ4v) is 3.94. The molecule has 1 aromatic carbocycles. The molecule has 3 rings (SSSR count). The van der Waals surface area contributed by atoms with Gasteiger partial charge in [0, 0.05) is 51.0 Å².